The Morgan fingerprint density at radius 1 is 1.10 bits per heavy atom. The Morgan fingerprint density at radius 3 is 2.33 bits per heavy atom. The fraction of sp³-hybridized carbons (Fsp3) is 0.409. The number of H-pyrrole nitrogens is 1. The molecule has 0 amide bonds. The first-order chi connectivity index (χ1) is 14.5. The highest BCUT2D eigenvalue weighted by Gasteiger charge is 2.12. The summed E-state index contributed by atoms with van der Waals surface area (Å²) in [6.07, 6.45) is 5.92. The number of aromatic nitrogens is 2. The highest BCUT2D eigenvalue weighted by atomic mass is 16.5. The van der Waals surface area contributed by atoms with Crippen LogP contribution in [0.5, 0.6) is 5.88 Å². The summed E-state index contributed by atoms with van der Waals surface area (Å²) in [5.41, 5.74) is 3.28. The number of carbonyl (C=O) groups is 2. The van der Waals surface area contributed by atoms with Crippen LogP contribution in [0.2, 0.25) is 0 Å². The van der Waals surface area contributed by atoms with Crippen LogP contribution in [0.25, 0.3) is 11.3 Å². The van der Waals surface area contributed by atoms with Gasteiger partial charge in [-0.15, -0.1) is 5.10 Å². The first-order valence-electron chi connectivity index (χ1n) is 10.0. The molecule has 2 aromatic rings. The van der Waals surface area contributed by atoms with Gasteiger partial charge in [-0.25, -0.2) is 0 Å². The second-order valence-electron chi connectivity index (χ2n) is 6.97. The molecule has 0 atom stereocenters. The molecule has 30 heavy (non-hydrogen) atoms. The number of carboxylic acid groups (broad SMARTS) is 2. The van der Waals surface area contributed by atoms with E-state index in [0.717, 1.165) is 42.3 Å². The van der Waals surface area contributed by atoms with Crippen LogP contribution in [0.4, 0.5) is 0 Å². The van der Waals surface area contributed by atoms with Crippen molar-refractivity contribution in [2.45, 2.75) is 32.6 Å². The molecular formula is C22H27N3O5-2. The Morgan fingerprint density at radius 2 is 1.73 bits per heavy atom. The molecule has 1 fully saturated rings. The van der Waals surface area contributed by atoms with Crippen LogP contribution in [0, 0.1) is 6.92 Å². The third kappa shape index (κ3) is 8.08. The zero-order valence-corrected chi connectivity index (χ0v) is 17.1. The molecule has 0 radical (unpaired) electrons. The van der Waals surface area contributed by atoms with Crippen molar-refractivity contribution in [2.24, 2.45) is 0 Å². The maximum atomic E-state index is 9.41. The molecule has 3 rings (SSSR count). The molecule has 0 spiro atoms. The smallest absolute Gasteiger partial charge is 0.236 e. The van der Waals surface area contributed by atoms with Gasteiger partial charge < -0.3 is 29.4 Å². The minimum Gasteiger partial charge on any atom is -0.545 e. The quantitative estimate of drug-likeness (QED) is 0.499. The topological polar surface area (TPSA) is 121 Å². The average molecular weight is 413 g/mol. The van der Waals surface area contributed by atoms with Crippen molar-refractivity contribution in [3.63, 3.8) is 0 Å². The summed E-state index contributed by atoms with van der Waals surface area (Å²) >= 11 is 0. The predicted molar refractivity (Wildman–Crippen MR) is 108 cm³/mol. The summed E-state index contributed by atoms with van der Waals surface area (Å²) in [6, 6.07) is 10.3. The lowest BCUT2D eigenvalue weighted by atomic mass is 10.1. The van der Waals surface area contributed by atoms with Gasteiger partial charge in [-0.3, -0.25) is 5.10 Å². The van der Waals surface area contributed by atoms with Gasteiger partial charge in [0.05, 0.1) is 24.2 Å². The lowest BCUT2D eigenvalue weighted by Gasteiger charge is -2.26. The number of hydrogen-bond acceptors (Lipinski definition) is 7. The lowest BCUT2D eigenvalue weighted by Crippen LogP contribution is -2.31. The number of aliphatic carboxylic acids is 2. The van der Waals surface area contributed by atoms with Crippen LogP contribution in [0.3, 0.4) is 0 Å². The number of rotatable bonds is 8. The Labute approximate surface area is 176 Å². The van der Waals surface area contributed by atoms with E-state index in [1.54, 1.807) is 0 Å². The van der Waals surface area contributed by atoms with Crippen LogP contribution >= 0.6 is 0 Å². The summed E-state index contributed by atoms with van der Waals surface area (Å²) in [5.74, 6) is -2.36. The monoisotopic (exact) mass is 413 g/mol. The van der Waals surface area contributed by atoms with E-state index in [4.69, 9.17) is 4.74 Å². The number of nitrogens with one attached hydrogen (secondary N) is 1. The summed E-state index contributed by atoms with van der Waals surface area (Å²) in [5, 5.41) is 26.2. The number of piperidine rings is 1. The number of aromatic amines is 1. The van der Waals surface area contributed by atoms with Crippen molar-refractivity contribution in [1.29, 1.82) is 0 Å². The summed E-state index contributed by atoms with van der Waals surface area (Å²) < 4.78 is 5.86. The third-order valence-corrected chi connectivity index (χ3v) is 4.69. The summed E-state index contributed by atoms with van der Waals surface area (Å²) in [7, 11) is 0. The maximum Gasteiger partial charge on any atom is 0.236 e. The molecule has 0 saturated carbocycles. The summed E-state index contributed by atoms with van der Waals surface area (Å²) in [6.45, 7) is 6.43. The highest BCUT2D eigenvalue weighted by molar-refractivity contribution is 5.87. The van der Waals surface area contributed by atoms with Crippen LogP contribution in [-0.2, 0) is 9.59 Å². The number of nitrogens with zero attached hydrogens (tertiary/aromatic N) is 2. The van der Waals surface area contributed by atoms with Crippen molar-refractivity contribution in [1.82, 2.24) is 15.1 Å². The van der Waals surface area contributed by atoms with E-state index in [1.807, 2.05) is 18.2 Å². The zero-order chi connectivity index (χ0) is 21.8. The molecular weight excluding hydrogens is 386 g/mol. The number of carbonyl (C=O) groups excluding carboxylic acids is 2. The van der Waals surface area contributed by atoms with Crippen molar-refractivity contribution < 1.29 is 24.5 Å². The lowest BCUT2D eigenvalue weighted by molar-refractivity contribution is -0.301. The first kappa shape index (κ1) is 23.2. The molecule has 0 aliphatic carbocycles. The molecule has 8 nitrogen and oxygen atoms in total. The van der Waals surface area contributed by atoms with E-state index in [1.165, 1.54) is 32.4 Å². The van der Waals surface area contributed by atoms with Crippen LogP contribution in [-0.4, -0.2) is 53.3 Å². The Kier molecular flexibility index (Phi) is 9.60. The predicted octanol–water partition coefficient (Wildman–Crippen LogP) is 0.682. The molecule has 2 heterocycles. The standard InChI is InChI=1S/C18H25N3O.C4H4O4/c1-15-17(16-9-4-2-5-10-16)19-20-18(15)22-14-8-13-21-11-6-3-7-12-21;5-3(6)1-2-4(7)8/h2,4-5,9-10H,3,6-8,11-14H2,1H3,(H,19,20);1-2H,(H,5,6)(H,7,8)/p-2/b;2-1-. The van der Waals surface area contributed by atoms with Gasteiger partial charge >= 0.3 is 0 Å². The number of hydrogen-bond donors (Lipinski definition) is 1. The zero-order valence-electron chi connectivity index (χ0n) is 17.1. The Hall–Kier alpha value is -3.13. The third-order valence-electron chi connectivity index (χ3n) is 4.69. The number of likely N-dealkylation sites (tertiary alicyclic amines) is 1. The van der Waals surface area contributed by atoms with E-state index in [0.29, 0.717) is 12.2 Å². The van der Waals surface area contributed by atoms with Gasteiger partial charge in [-0.2, -0.15) is 0 Å². The van der Waals surface area contributed by atoms with E-state index >= 15 is 0 Å². The van der Waals surface area contributed by atoms with E-state index < -0.39 is 11.9 Å². The fourth-order valence-corrected chi connectivity index (χ4v) is 3.18. The Bertz CT molecular complexity index is 811. The molecule has 162 valence electrons. The molecule has 1 N–H and O–H groups in total. The van der Waals surface area contributed by atoms with E-state index in [2.05, 4.69) is 34.2 Å². The van der Waals surface area contributed by atoms with Crippen LogP contribution in [0.15, 0.2) is 42.5 Å². The summed E-state index contributed by atoms with van der Waals surface area (Å²) in [4.78, 5) is 21.4. The van der Waals surface area contributed by atoms with Gasteiger partial charge in [0.25, 0.3) is 0 Å². The molecule has 0 bridgehead atoms. The largest absolute Gasteiger partial charge is 0.545 e. The van der Waals surface area contributed by atoms with E-state index in [9.17, 15) is 19.8 Å². The number of benzene rings is 1. The van der Waals surface area contributed by atoms with Gasteiger partial charge in [0.2, 0.25) is 5.88 Å². The molecule has 1 aromatic heterocycles. The minimum atomic E-state index is -1.55. The Balaban J connectivity index is 0.000000343. The van der Waals surface area contributed by atoms with Crippen LogP contribution in [0.1, 0.15) is 31.2 Å². The van der Waals surface area contributed by atoms with Gasteiger partial charge in [0.15, 0.2) is 0 Å². The van der Waals surface area contributed by atoms with Gasteiger partial charge in [0, 0.05) is 12.1 Å². The van der Waals surface area contributed by atoms with Gasteiger partial charge in [-0.05, 0) is 57.0 Å². The number of ether oxygens (including phenoxy) is 1. The first-order valence-corrected chi connectivity index (χ1v) is 10.0. The highest BCUT2D eigenvalue weighted by Crippen LogP contribution is 2.26. The second kappa shape index (κ2) is 12.4. The van der Waals surface area contributed by atoms with Crippen molar-refractivity contribution in [3.8, 4) is 17.1 Å². The van der Waals surface area contributed by atoms with Gasteiger partial charge in [0.1, 0.15) is 0 Å². The minimum absolute atomic E-state index is 0.384. The fourth-order valence-electron chi connectivity index (χ4n) is 3.18. The van der Waals surface area contributed by atoms with Crippen molar-refractivity contribution in [3.05, 3.63) is 48.0 Å². The molecule has 1 aliphatic heterocycles. The maximum absolute atomic E-state index is 9.41. The number of carboxylic acids is 2. The van der Waals surface area contributed by atoms with Crippen molar-refractivity contribution in [2.75, 3.05) is 26.2 Å². The van der Waals surface area contributed by atoms with E-state index in [-0.39, 0.29) is 0 Å². The SMILES string of the molecule is Cc1c(OCCCN2CCCCC2)n[nH]c1-c1ccccc1.O=C([O-])/C=C\C(=O)[O-]. The van der Waals surface area contributed by atoms with Crippen molar-refractivity contribution >= 4 is 11.9 Å². The molecule has 1 saturated heterocycles. The average Bonchev–Trinajstić information content (AvgIpc) is 3.12. The molecule has 8 heteroatoms. The molecule has 0 unspecified atom stereocenters. The normalized spacial score (nSPS) is 14.2. The van der Waals surface area contributed by atoms with Gasteiger partial charge in [-0.1, -0.05) is 36.8 Å². The molecule has 1 aromatic carbocycles. The van der Waals surface area contributed by atoms with Crippen LogP contribution < -0.4 is 14.9 Å². The molecule has 1 aliphatic rings. The second-order valence-corrected chi connectivity index (χ2v) is 6.97.